The maximum atomic E-state index is 14.1. The SMILES string of the molecule is CCc1ccccc1Nc1cc(C)nc(N2CCN(c3ccccc3F)CC2)n1. The highest BCUT2D eigenvalue weighted by Crippen LogP contribution is 2.24. The summed E-state index contributed by atoms with van der Waals surface area (Å²) in [6, 6.07) is 17.2. The first-order valence-electron chi connectivity index (χ1n) is 10.1. The van der Waals surface area contributed by atoms with E-state index in [1.165, 1.54) is 11.6 Å². The van der Waals surface area contributed by atoms with Crippen LogP contribution in [0, 0.1) is 12.7 Å². The summed E-state index contributed by atoms with van der Waals surface area (Å²) in [5.74, 6) is 1.34. The number of nitrogens with zero attached hydrogens (tertiary/aromatic N) is 4. The zero-order valence-corrected chi connectivity index (χ0v) is 16.9. The van der Waals surface area contributed by atoms with E-state index in [1.807, 2.05) is 31.2 Å². The molecule has 0 bridgehead atoms. The molecule has 0 saturated carbocycles. The minimum absolute atomic E-state index is 0.172. The maximum absolute atomic E-state index is 14.1. The van der Waals surface area contributed by atoms with Crippen LogP contribution in [0.3, 0.4) is 0 Å². The van der Waals surface area contributed by atoms with Gasteiger partial charge >= 0.3 is 0 Å². The number of para-hydroxylation sites is 2. The molecule has 6 heteroatoms. The lowest BCUT2D eigenvalue weighted by Crippen LogP contribution is -2.47. The zero-order chi connectivity index (χ0) is 20.2. The maximum Gasteiger partial charge on any atom is 0.227 e. The Morgan fingerprint density at radius 1 is 0.931 bits per heavy atom. The average Bonchev–Trinajstić information content (AvgIpc) is 2.74. The van der Waals surface area contributed by atoms with Crippen molar-refractivity contribution in [2.45, 2.75) is 20.3 Å². The van der Waals surface area contributed by atoms with Crippen LogP contribution in [-0.2, 0) is 6.42 Å². The van der Waals surface area contributed by atoms with Gasteiger partial charge in [0.25, 0.3) is 0 Å². The van der Waals surface area contributed by atoms with Crippen LogP contribution in [0.15, 0.2) is 54.6 Å². The normalized spacial score (nSPS) is 14.2. The quantitative estimate of drug-likeness (QED) is 0.691. The molecule has 0 aliphatic carbocycles. The van der Waals surface area contributed by atoms with Crippen molar-refractivity contribution in [1.82, 2.24) is 9.97 Å². The number of aromatic nitrogens is 2. The van der Waals surface area contributed by atoms with E-state index >= 15 is 0 Å². The van der Waals surface area contributed by atoms with E-state index in [2.05, 4.69) is 45.2 Å². The fourth-order valence-corrected chi connectivity index (χ4v) is 3.70. The van der Waals surface area contributed by atoms with Gasteiger partial charge < -0.3 is 15.1 Å². The van der Waals surface area contributed by atoms with Crippen LogP contribution in [0.5, 0.6) is 0 Å². The summed E-state index contributed by atoms with van der Waals surface area (Å²) in [4.78, 5) is 13.6. The second kappa shape index (κ2) is 8.47. The van der Waals surface area contributed by atoms with Crippen molar-refractivity contribution < 1.29 is 4.39 Å². The Morgan fingerprint density at radius 3 is 2.38 bits per heavy atom. The number of halogens is 1. The molecule has 0 atom stereocenters. The van der Waals surface area contributed by atoms with Crippen molar-refractivity contribution in [3.05, 3.63) is 71.7 Å². The first-order chi connectivity index (χ1) is 14.1. The minimum Gasteiger partial charge on any atom is -0.366 e. The number of aryl methyl sites for hydroxylation is 2. The van der Waals surface area contributed by atoms with Crippen molar-refractivity contribution in [3.8, 4) is 0 Å². The molecule has 0 amide bonds. The van der Waals surface area contributed by atoms with Crippen molar-refractivity contribution in [2.75, 3.05) is 41.3 Å². The third-order valence-corrected chi connectivity index (χ3v) is 5.26. The molecule has 150 valence electrons. The molecule has 2 aromatic carbocycles. The Hall–Kier alpha value is -3.15. The van der Waals surface area contributed by atoms with Gasteiger partial charge in [-0.15, -0.1) is 0 Å². The van der Waals surface area contributed by atoms with Gasteiger partial charge in [0.1, 0.15) is 11.6 Å². The fourth-order valence-electron chi connectivity index (χ4n) is 3.70. The minimum atomic E-state index is -0.172. The summed E-state index contributed by atoms with van der Waals surface area (Å²) in [5, 5.41) is 3.45. The Kier molecular flexibility index (Phi) is 5.60. The zero-order valence-electron chi connectivity index (χ0n) is 16.9. The highest BCUT2D eigenvalue weighted by Gasteiger charge is 2.21. The molecule has 1 N–H and O–H groups in total. The Labute approximate surface area is 171 Å². The highest BCUT2D eigenvalue weighted by molar-refractivity contribution is 5.62. The molecule has 1 aromatic heterocycles. The Balaban J connectivity index is 1.49. The fraction of sp³-hybridized carbons (Fsp3) is 0.304. The van der Waals surface area contributed by atoms with Gasteiger partial charge in [-0.2, -0.15) is 4.98 Å². The second-order valence-corrected chi connectivity index (χ2v) is 7.26. The topological polar surface area (TPSA) is 44.3 Å². The van der Waals surface area contributed by atoms with Crippen molar-refractivity contribution in [3.63, 3.8) is 0 Å². The molecule has 3 aromatic rings. The number of rotatable bonds is 5. The summed E-state index contributed by atoms with van der Waals surface area (Å²) in [5.41, 5.74) is 3.91. The van der Waals surface area contributed by atoms with Gasteiger partial charge in [-0.25, -0.2) is 9.37 Å². The average molecular weight is 391 g/mol. The molecule has 1 aliphatic heterocycles. The molecule has 5 nitrogen and oxygen atoms in total. The number of hydrogen-bond acceptors (Lipinski definition) is 5. The van der Waals surface area contributed by atoms with Gasteiger partial charge in [-0.1, -0.05) is 37.3 Å². The lowest BCUT2D eigenvalue weighted by atomic mass is 10.1. The van der Waals surface area contributed by atoms with Gasteiger partial charge in [0.2, 0.25) is 5.95 Å². The number of hydrogen-bond donors (Lipinski definition) is 1. The van der Waals surface area contributed by atoms with Crippen LogP contribution in [0.4, 0.5) is 27.5 Å². The second-order valence-electron chi connectivity index (χ2n) is 7.26. The monoisotopic (exact) mass is 391 g/mol. The van der Waals surface area contributed by atoms with Gasteiger partial charge in [-0.05, 0) is 37.1 Å². The lowest BCUT2D eigenvalue weighted by molar-refractivity contribution is 0.594. The lowest BCUT2D eigenvalue weighted by Gasteiger charge is -2.36. The molecular formula is C23H26FN5. The van der Waals surface area contributed by atoms with Crippen LogP contribution in [0.1, 0.15) is 18.2 Å². The number of piperazine rings is 1. The van der Waals surface area contributed by atoms with E-state index in [0.29, 0.717) is 5.69 Å². The van der Waals surface area contributed by atoms with Crippen LogP contribution < -0.4 is 15.1 Å². The van der Waals surface area contributed by atoms with Gasteiger partial charge in [0.05, 0.1) is 5.69 Å². The van der Waals surface area contributed by atoms with Crippen molar-refractivity contribution in [2.24, 2.45) is 0 Å². The first kappa shape index (κ1) is 19.2. The van der Waals surface area contributed by atoms with E-state index in [0.717, 1.165) is 55.7 Å². The van der Waals surface area contributed by atoms with E-state index in [4.69, 9.17) is 4.98 Å². The summed E-state index contributed by atoms with van der Waals surface area (Å²) < 4.78 is 14.1. The molecule has 4 rings (SSSR count). The standard InChI is InChI=1S/C23H26FN5/c1-3-18-8-4-6-10-20(18)26-22-16-17(2)25-23(27-22)29-14-12-28(13-15-29)21-11-7-5-9-19(21)24/h4-11,16H,3,12-15H2,1-2H3,(H,25,26,27). The van der Waals surface area contributed by atoms with E-state index in [1.54, 1.807) is 6.07 Å². The molecule has 1 fully saturated rings. The van der Waals surface area contributed by atoms with Gasteiger partial charge in [0, 0.05) is 43.6 Å². The van der Waals surface area contributed by atoms with Crippen molar-refractivity contribution >= 4 is 23.1 Å². The molecule has 1 saturated heterocycles. The largest absolute Gasteiger partial charge is 0.366 e. The Bertz CT molecular complexity index is 983. The van der Waals surface area contributed by atoms with Gasteiger partial charge in [0.15, 0.2) is 0 Å². The van der Waals surface area contributed by atoms with Crippen LogP contribution in [-0.4, -0.2) is 36.1 Å². The van der Waals surface area contributed by atoms with Crippen LogP contribution in [0.25, 0.3) is 0 Å². The first-order valence-corrected chi connectivity index (χ1v) is 10.1. The van der Waals surface area contributed by atoms with Crippen LogP contribution in [0.2, 0.25) is 0 Å². The van der Waals surface area contributed by atoms with E-state index in [-0.39, 0.29) is 5.82 Å². The predicted octanol–water partition coefficient (Wildman–Crippen LogP) is 4.56. The number of nitrogens with one attached hydrogen (secondary N) is 1. The number of anilines is 4. The van der Waals surface area contributed by atoms with E-state index in [9.17, 15) is 4.39 Å². The molecule has 0 radical (unpaired) electrons. The Morgan fingerprint density at radius 2 is 1.62 bits per heavy atom. The summed E-state index contributed by atoms with van der Waals surface area (Å²) in [7, 11) is 0. The summed E-state index contributed by atoms with van der Waals surface area (Å²) in [6.07, 6.45) is 0.956. The summed E-state index contributed by atoms with van der Waals surface area (Å²) in [6.45, 7) is 7.11. The third-order valence-electron chi connectivity index (χ3n) is 5.26. The summed E-state index contributed by atoms with van der Waals surface area (Å²) >= 11 is 0. The third kappa shape index (κ3) is 4.31. The molecule has 0 spiro atoms. The molecule has 29 heavy (non-hydrogen) atoms. The van der Waals surface area contributed by atoms with Crippen molar-refractivity contribution in [1.29, 1.82) is 0 Å². The molecule has 1 aliphatic rings. The molecular weight excluding hydrogens is 365 g/mol. The number of benzene rings is 2. The molecule has 0 unspecified atom stereocenters. The van der Waals surface area contributed by atoms with Crippen LogP contribution >= 0.6 is 0 Å². The highest BCUT2D eigenvalue weighted by atomic mass is 19.1. The van der Waals surface area contributed by atoms with E-state index < -0.39 is 0 Å². The molecule has 2 heterocycles. The van der Waals surface area contributed by atoms with Gasteiger partial charge in [-0.3, -0.25) is 0 Å². The smallest absolute Gasteiger partial charge is 0.227 e. The predicted molar refractivity (Wildman–Crippen MR) is 117 cm³/mol.